The normalized spacial score (nSPS) is 16.9. The number of hydrogen-bond donors (Lipinski definition) is 0. The van der Waals surface area contributed by atoms with Crippen molar-refractivity contribution in [3.8, 4) is 0 Å². The van der Waals surface area contributed by atoms with E-state index in [9.17, 15) is 4.79 Å². The van der Waals surface area contributed by atoms with Crippen molar-refractivity contribution in [1.82, 2.24) is 15.0 Å². The van der Waals surface area contributed by atoms with Crippen molar-refractivity contribution in [2.75, 3.05) is 18.1 Å². The van der Waals surface area contributed by atoms with Gasteiger partial charge in [0.05, 0.1) is 29.9 Å². The van der Waals surface area contributed by atoms with Gasteiger partial charge in [0.2, 0.25) is 0 Å². The first kappa shape index (κ1) is 15.7. The molecule has 6 nitrogen and oxygen atoms in total. The average molecular weight is 334 g/mol. The van der Waals surface area contributed by atoms with E-state index < -0.39 is 0 Å². The summed E-state index contributed by atoms with van der Waals surface area (Å²) >= 11 is 0. The van der Waals surface area contributed by atoms with Crippen LogP contribution in [0.2, 0.25) is 0 Å². The first-order chi connectivity index (χ1) is 12.3. The maximum Gasteiger partial charge on any atom is 0.278 e. The third-order valence-corrected chi connectivity index (χ3v) is 4.30. The molecule has 1 amide bonds. The molecule has 25 heavy (non-hydrogen) atoms. The number of nitrogens with zero attached hydrogens (tertiary/aromatic N) is 4. The van der Waals surface area contributed by atoms with Crippen LogP contribution in [0.5, 0.6) is 0 Å². The van der Waals surface area contributed by atoms with Gasteiger partial charge in [0.1, 0.15) is 5.69 Å². The zero-order valence-electron chi connectivity index (χ0n) is 13.7. The minimum atomic E-state index is -0.181. The van der Waals surface area contributed by atoms with Gasteiger partial charge in [0.25, 0.3) is 5.91 Å². The minimum absolute atomic E-state index is 0.0468. The van der Waals surface area contributed by atoms with E-state index in [1.165, 1.54) is 6.20 Å². The zero-order chi connectivity index (χ0) is 17.1. The molecule has 0 spiro atoms. The van der Waals surface area contributed by atoms with Crippen molar-refractivity contribution >= 4 is 22.6 Å². The number of ether oxygens (including phenoxy) is 1. The Kier molecular flexibility index (Phi) is 4.35. The van der Waals surface area contributed by atoms with E-state index in [-0.39, 0.29) is 12.0 Å². The largest absolute Gasteiger partial charge is 0.376 e. The van der Waals surface area contributed by atoms with Crippen molar-refractivity contribution in [1.29, 1.82) is 0 Å². The summed E-state index contributed by atoms with van der Waals surface area (Å²) in [6.45, 7) is 1.25. The molecule has 1 aliphatic rings. The molecule has 2 aromatic heterocycles. The maximum absolute atomic E-state index is 13.1. The molecule has 126 valence electrons. The van der Waals surface area contributed by atoms with Gasteiger partial charge in [-0.05, 0) is 37.1 Å². The molecular weight excluding hydrogens is 316 g/mol. The Labute approximate surface area is 145 Å². The van der Waals surface area contributed by atoms with Crippen molar-refractivity contribution in [2.24, 2.45) is 0 Å². The Balaban J connectivity index is 1.67. The number of hydrogen-bond acceptors (Lipinski definition) is 5. The molecule has 6 heteroatoms. The van der Waals surface area contributed by atoms with Crippen molar-refractivity contribution in [2.45, 2.75) is 18.9 Å². The van der Waals surface area contributed by atoms with Crippen LogP contribution in [-0.4, -0.2) is 40.1 Å². The number of anilines is 1. The topological polar surface area (TPSA) is 68.2 Å². The third-order valence-electron chi connectivity index (χ3n) is 4.30. The molecule has 3 aromatic rings. The summed E-state index contributed by atoms with van der Waals surface area (Å²) < 4.78 is 5.72. The summed E-state index contributed by atoms with van der Waals surface area (Å²) in [5, 5.41) is 0. The van der Waals surface area contributed by atoms with Crippen LogP contribution in [0.25, 0.3) is 11.0 Å². The lowest BCUT2D eigenvalue weighted by Crippen LogP contribution is -2.38. The lowest BCUT2D eigenvalue weighted by molar-refractivity contribution is 0.0913. The van der Waals surface area contributed by atoms with Gasteiger partial charge in [-0.2, -0.15) is 0 Å². The van der Waals surface area contributed by atoms with Crippen LogP contribution in [0, 0.1) is 0 Å². The van der Waals surface area contributed by atoms with E-state index in [0.29, 0.717) is 17.8 Å². The molecule has 1 aromatic carbocycles. The second kappa shape index (κ2) is 6.94. The number of benzene rings is 1. The molecule has 1 fully saturated rings. The van der Waals surface area contributed by atoms with Crippen molar-refractivity contribution < 1.29 is 9.53 Å². The van der Waals surface area contributed by atoms with Crippen LogP contribution in [0.15, 0.2) is 55.0 Å². The molecular formula is C19H18N4O2. The summed E-state index contributed by atoms with van der Waals surface area (Å²) in [5.74, 6) is -0.181. The van der Waals surface area contributed by atoms with Gasteiger partial charge < -0.3 is 9.64 Å². The fraction of sp³-hybridized carbons (Fsp3) is 0.263. The Morgan fingerprint density at radius 3 is 2.72 bits per heavy atom. The predicted octanol–water partition coefficient (Wildman–Crippen LogP) is 2.85. The summed E-state index contributed by atoms with van der Waals surface area (Å²) in [6.07, 6.45) is 6.92. The van der Waals surface area contributed by atoms with Crippen LogP contribution in [0.1, 0.15) is 23.3 Å². The second-order valence-corrected chi connectivity index (χ2v) is 6.00. The van der Waals surface area contributed by atoms with Gasteiger partial charge in [-0.1, -0.05) is 12.1 Å². The highest BCUT2D eigenvalue weighted by molar-refractivity contribution is 6.05. The molecule has 1 unspecified atom stereocenters. The van der Waals surface area contributed by atoms with Gasteiger partial charge in [0, 0.05) is 24.7 Å². The van der Waals surface area contributed by atoms with Crippen LogP contribution in [-0.2, 0) is 4.74 Å². The van der Waals surface area contributed by atoms with E-state index >= 15 is 0 Å². The molecule has 0 aliphatic carbocycles. The number of rotatable bonds is 4. The fourth-order valence-electron chi connectivity index (χ4n) is 3.02. The monoisotopic (exact) mass is 334 g/mol. The number of fused-ring (bicyclic) bond motifs is 1. The highest BCUT2D eigenvalue weighted by atomic mass is 16.5. The molecule has 0 saturated carbocycles. The zero-order valence-corrected chi connectivity index (χ0v) is 13.7. The lowest BCUT2D eigenvalue weighted by Gasteiger charge is -2.25. The average Bonchev–Trinajstić information content (AvgIpc) is 3.19. The highest BCUT2D eigenvalue weighted by Gasteiger charge is 2.25. The van der Waals surface area contributed by atoms with E-state index in [4.69, 9.17) is 4.74 Å². The van der Waals surface area contributed by atoms with E-state index in [2.05, 4.69) is 15.0 Å². The van der Waals surface area contributed by atoms with Gasteiger partial charge in [0.15, 0.2) is 0 Å². The van der Waals surface area contributed by atoms with Crippen molar-refractivity contribution in [3.63, 3.8) is 0 Å². The van der Waals surface area contributed by atoms with Crippen LogP contribution in [0.4, 0.5) is 5.69 Å². The van der Waals surface area contributed by atoms with Gasteiger partial charge >= 0.3 is 0 Å². The summed E-state index contributed by atoms with van der Waals surface area (Å²) in [6, 6.07) is 11.2. The second-order valence-electron chi connectivity index (χ2n) is 6.00. The highest BCUT2D eigenvalue weighted by Crippen LogP contribution is 2.21. The molecule has 1 aliphatic heterocycles. The summed E-state index contributed by atoms with van der Waals surface area (Å²) in [7, 11) is 0. The van der Waals surface area contributed by atoms with E-state index in [0.717, 1.165) is 30.7 Å². The van der Waals surface area contributed by atoms with Crippen molar-refractivity contribution in [3.05, 3.63) is 60.7 Å². The molecule has 3 heterocycles. The van der Waals surface area contributed by atoms with Crippen LogP contribution >= 0.6 is 0 Å². The van der Waals surface area contributed by atoms with Crippen LogP contribution < -0.4 is 4.90 Å². The smallest absolute Gasteiger partial charge is 0.278 e. The number of carbonyl (C=O) groups is 1. The summed E-state index contributed by atoms with van der Waals surface area (Å²) in [4.78, 5) is 27.7. The maximum atomic E-state index is 13.1. The van der Waals surface area contributed by atoms with Crippen LogP contribution in [0.3, 0.4) is 0 Å². The first-order valence-electron chi connectivity index (χ1n) is 8.36. The number of pyridine rings is 1. The molecule has 0 bridgehead atoms. The molecule has 0 radical (unpaired) electrons. The number of carbonyl (C=O) groups excluding carboxylic acids is 1. The van der Waals surface area contributed by atoms with Gasteiger partial charge in [-0.25, -0.2) is 4.98 Å². The Morgan fingerprint density at radius 2 is 1.96 bits per heavy atom. The fourth-order valence-corrected chi connectivity index (χ4v) is 3.02. The molecule has 1 atom stereocenters. The Hall–Kier alpha value is -2.86. The number of aromatic nitrogens is 3. The van der Waals surface area contributed by atoms with Gasteiger partial charge in [-0.15, -0.1) is 0 Å². The minimum Gasteiger partial charge on any atom is -0.376 e. The van der Waals surface area contributed by atoms with Gasteiger partial charge in [-0.3, -0.25) is 14.8 Å². The Bertz CT molecular complexity index is 879. The quantitative estimate of drug-likeness (QED) is 0.734. The molecule has 1 saturated heterocycles. The predicted molar refractivity (Wildman–Crippen MR) is 94.4 cm³/mol. The lowest BCUT2D eigenvalue weighted by atomic mass is 10.2. The number of amides is 1. The van der Waals surface area contributed by atoms with E-state index in [1.54, 1.807) is 17.3 Å². The molecule has 0 N–H and O–H groups in total. The summed E-state index contributed by atoms with van der Waals surface area (Å²) in [5.41, 5.74) is 2.59. The molecule has 4 rings (SSSR count). The van der Waals surface area contributed by atoms with E-state index in [1.807, 2.05) is 36.4 Å². The standard InChI is InChI=1S/C19H18N4O2/c24-19(18-12-21-16-5-1-2-6-17(16)22-18)23(13-15-4-3-11-25-15)14-7-9-20-10-8-14/h1-2,5-10,12,15H,3-4,11,13H2. The number of para-hydroxylation sites is 2. The Morgan fingerprint density at radius 1 is 1.16 bits per heavy atom. The third kappa shape index (κ3) is 3.34. The first-order valence-corrected chi connectivity index (χ1v) is 8.36. The SMILES string of the molecule is O=C(c1cnc2ccccc2n1)N(CC1CCCO1)c1ccncc1.